The molecule has 1 heteroatoms. The van der Waals surface area contributed by atoms with Crippen molar-refractivity contribution >= 4 is 54.3 Å². The molecule has 0 radical (unpaired) electrons. The van der Waals surface area contributed by atoms with Gasteiger partial charge in [0.25, 0.3) is 0 Å². The van der Waals surface area contributed by atoms with E-state index in [1.165, 1.54) is 6.07 Å². The van der Waals surface area contributed by atoms with Crippen LogP contribution < -0.4 is 0 Å². The van der Waals surface area contributed by atoms with Crippen molar-refractivity contribution in [2.24, 2.45) is 0 Å². The predicted molar refractivity (Wildman–Crippen MR) is 157 cm³/mol. The molecule has 0 aliphatic carbocycles. The highest BCUT2D eigenvalue weighted by Gasteiger charge is 2.17. The fourth-order valence-corrected chi connectivity index (χ4v) is 5.19. The summed E-state index contributed by atoms with van der Waals surface area (Å²) in [6.07, 6.45) is 0. The Balaban J connectivity index is 1.62. The molecule has 0 amide bonds. The van der Waals surface area contributed by atoms with Gasteiger partial charge in [0.2, 0.25) is 0 Å². The van der Waals surface area contributed by atoms with Crippen LogP contribution >= 0.6 is 0 Å². The van der Waals surface area contributed by atoms with Gasteiger partial charge in [-0.15, -0.1) is 0 Å². The van der Waals surface area contributed by atoms with Crippen molar-refractivity contribution in [2.45, 2.75) is 0 Å². The van der Waals surface area contributed by atoms with Crippen molar-refractivity contribution in [3.63, 3.8) is 0 Å². The third kappa shape index (κ3) is 3.04. The largest absolute Gasteiger partial charge is 0.456 e. The second-order valence-electron chi connectivity index (χ2n) is 8.83. The first kappa shape index (κ1) is 11.9. The molecule has 0 saturated carbocycles. The van der Waals surface area contributed by atoms with Crippen LogP contribution in [0, 0.1) is 0 Å². The quantitative estimate of drug-likeness (QED) is 0.223. The van der Waals surface area contributed by atoms with E-state index < -0.39 is 48.3 Å². The molecule has 0 fully saturated rings. The van der Waals surface area contributed by atoms with Gasteiger partial charge in [-0.2, -0.15) is 0 Å². The van der Waals surface area contributed by atoms with E-state index >= 15 is 0 Å². The summed E-state index contributed by atoms with van der Waals surface area (Å²) < 4.78 is 110. The van der Waals surface area contributed by atoms with E-state index in [2.05, 4.69) is 0 Å². The van der Waals surface area contributed by atoms with Crippen LogP contribution in [-0.2, 0) is 0 Å². The number of para-hydroxylation sites is 1. The molecule has 0 aliphatic heterocycles. The molecule has 7 aromatic carbocycles. The molecule has 0 N–H and O–H groups in total. The van der Waals surface area contributed by atoms with Crippen LogP contribution in [0.1, 0.15) is 16.4 Å². The molecule has 0 bridgehead atoms. The van der Waals surface area contributed by atoms with Crippen LogP contribution in [0.3, 0.4) is 0 Å². The van der Waals surface area contributed by atoms with Crippen molar-refractivity contribution in [1.82, 2.24) is 0 Å². The third-order valence-corrected chi connectivity index (χ3v) is 6.82. The lowest BCUT2D eigenvalue weighted by atomic mass is 9.85. The number of furan rings is 1. The second kappa shape index (κ2) is 7.81. The minimum atomic E-state index is -0.517. The van der Waals surface area contributed by atoms with E-state index in [-0.39, 0.29) is 73.4 Å². The van der Waals surface area contributed by atoms with E-state index in [1.807, 2.05) is 36.4 Å². The molecular formula is C36H22O. The number of fused-ring (bicyclic) bond motifs is 6. The Morgan fingerprint density at radius 1 is 0.432 bits per heavy atom. The van der Waals surface area contributed by atoms with Crippen LogP contribution in [0.15, 0.2) is 138 Å². The molecular weight excluding hydrogens is 448 g/mol. The van der Waals surface area contributed by atoms with E-state index in [0.29, 0.717) is 16.5 Å². The lowest BCUT2D eigenvalue weighted by Crippen LogP contribution is -1.90. The highest BCUT2D eigenvalue weighted by atomic mass is 16.3. The first-order valence-electron chi connectivity index (χ1n) is 17.7. The SMILES string of the molecule is [2H]c1c([2H])c([2H])c2c(oc3cc(-c4c5c([2H])c([2H])c([2H])c([2H])c5c(-c5ccc6ccccc6c5)c5c([2H])c([2H])c([2H])c([2H])c45)ccc32)c1[2H]. The molecule has 0 atom stereocenters. The Bertz CT molecular complexity index is 2720. The summed E-state index contributed by atoms with van der Waals surface area (Å²) >= 11 is 0. The molecule has 37 heavy (non-hydrogen) atoms. The Morgan fingerprint density at radius 2 is 0.973 bits per heavy atom. The van der Waals surface area contributed by atoms with E-state index in [9.17, 15) is 0 Å². The van der Waals surface area contributed by atoms with Gasteiger partial charge >= 0.3 is 0 Å². The van der Waals surface area contributed by atoms with E-state index in [0.717, 1.165) is 10.8 Å². The molecule has 0 saturated heterocycles. The first-order chi connectivity index (χ1) is 23.3. The number of hydrogen-bond donors (Lipinski definition) is 0. The summed E-state index contributed by atoms with van der Waals surface area (Å²) in [5, 5.41) is 2.57. The van der Waals surface area contributed by atoms with Crippen LogP contribution in [0.4, 0.5) is 0 Å². The normalized spacial score (nSPS) is 16.3. The van der Waals surface area contributed by atoms with Gasteiger partial charge in [0, 0.05) is 10.8 Å². The molecule has 0 unspecified atom stereocenters. The molecule has 1 heterocycles. The average Bonchev–Trinajstić information content (AvgIpc) is 3.50. The number of benzene rings is 7. The summed E-state index contributed by atoms with van der Waals surface area (Å²) in [6, 6.07) is 12.7. The summed E-state index contributed by atoms with van der Waals surface area (Å²) in [5.74, 6) is 0. The van der Waals surface area contributed by atoms with Crippen LogP contribution in [0.25, 0.3) is 76.5 Å². The lowest BCUT2D eigenvalue weighted by molar-refractivity contribution is 0.669. The molecule has 172 valence electrons. The van der Waals surface area contributed by atoms with Crippen molar-refractivity contribution in [3.05, 3.63) is 133 Å². The highest BCUT2D eigenvalue weighted by molar-refractivity contribution is 6.22. The van der Waals surface area contributed by atoms with Crippen LogP contribution in [0.5, 0.6) is 0 Å². The summed E-state index contributed by atoms with van der Waals surface area (Å²) in [6.45, 7) is 0. The highest BCUT2D eigenvalue weighted by Crippen LogP contribution is 2.45. The molecule has 8 rings (SSSR count). The smallest absolute Gasteiger partial charge is 0.136 e. The van der Waals surface area contributed by atoms with Gasteiger partial charge in [-0.1, -0.05) is 109 Å². The Hall–Kier alpha value is -4.88. The predicted octanol–water partition coefficient (Wildman–Crippen LogP) is 10.4. The fraction of sp³-hybridized carbons (Fsp3) is 0. The third-order valence-electron chi connectivity index (χ3n) is 6.82. The van der Waals surface area contributed by atoms with Crippen LogP contribution in [0.2, 0.25) is 0 Å². The van der Waals surface area contributed by atoms with Crippen molar-refractivity contribution in [3.8, 4) is 22.3 Å². The topological polar surface area (TPSA) is 13.1 Å². The molecule has 1 nitrogen and oxygen atoms in total. The van der Waals surface area contributed by atoms with Gasteiger partial charge in [0.05, 0.1) is 16.4 Å². The summed E-state index contributed by atoms with van der Waals surface area (Å²) in [7, 11) is 0. The summed E-state index contributed by atoms with van der Waals surface area (Å²) in [5.41, 5.74) is 1.30. The van der Waals surface area contributed by atoms with Gasteiger partial charge in [-0.3, -0.25) is 0 Å². The monoisotopic (exact) mass is 482 g/mol. The minimum Gasteiger partial charge on any atom is -0.456 e. The zero-order valence-corrected chi connectivity index (χ0v) is 19.2. The van der Waals surface area contributed by atoms with Gasteiger partial charge < -0.3 is 4.42 Å². The molecule has 0 spiro atoms. The standard InChI is InChI=1S/C36H22O/c1-2-10-24-21-25(18-17-23(24)9-1)35-29-12-3-5-14-31(29)36(32-15-6-4-13-30(32)35)26-19-20-28-27-11-7-8-16-33(27)37-34(28)22-26/h1-22H/i3D,4D,5D,6D,7D,8D,11D,12D,13D,14D,15D,16D. The van der Waals surface area contributed by atoms with Crippen molar-refractivity contribution in [1.29, 1.82) is 0 Å². The van der Waals surface area contributed by atoms with Gasteiger partial charge in [0.15, 0.2) is 0 Å². The average molecular weight is 483 g/mol. The maximum Gasteiger partial charge on any atom is 0.136 e. The van der Waals surface area contributed by atoms with E-state index in [1.54, 1.807) is 18.2 Å². The lowest BCUT2D eigenvalue weighted by Gasteiger charge is -2.18. The second-order valence-corrected chi connectivity index (χ2v) is 8.83. The zero-order chi connectivity index (χ0) is 34.8. The Morgan fingerprint density at radius 3 is 1.65 bits per heavy atom. The molecule has 8 aromatic rings. The van der Waals surface area contributed by atoms with Crippen molar-refractivity contribution < 1.29 is 20.9 Å². The van der Waals surface area contributed by atoms with E-state index in [4.69, 9.17) is 20.9 Å². The Kier molecular flexibility index (Phi) is 2.51. The molecule has 0 aliphatic rings. The van der Waals surface area contributed by atoms with Gasteiger partial charge in [0.1, 0.15) is 11.2 Å². The zero-order valence-electron chi connectivity index (χ0n) is 31.2. The Labute approximate surface area is 231 Å². The maximum atomic E-state index is 9.16. The first-order valence-corrected chi connectivity index (χ1v) is 11.7. The van der Waals surface area contributed by atoms with Crippen LogP contribution in [-0.4, -0.2) is 0 Å². The molecule has 1 aromatic heterocycles. The maximum absolute atomic E-state index is 9.16. The van der Waals surface area contributed by atoms with Gasteiger partial charge in [-0.25, -0.2) is 0 Å². The fourth-order valence-electron chi connectivity index (χ4n) is 5.19. The summed E-state index contributed by atoms with van der Waals surface area (Å²) in [4.78, 5) is 0. The number of rotatable bonds is 2. The van der Waals surface area contributed by atoms with Gasteiger partial charge in [-0.05, 0) is 78.8 Å². The number of hydrogen-bond acceptors (Lipinski definition) is 1. The minimum absolute atomic E-state index is 0.0476. The van der Waals surface area contributed by atoms with Crippen molar-refractivity contribution in [2.75, 3.05) is 0 Å².